The van der Waals surface area contributed by atoms with Gasteiger partial charge in [-0.25, -0.2) is 0 Å². The summed E-state index contributed by atoms with van der Waals surface area (Å²) in [6, 6.07) is 13.1. The van der Waals surface area contributed by atoms with Crippen LogP contribution < -0.4 is 15.0 Å². The van der Waals surface area contributed by atoms with E-state index in [0.717, 1.165) is 16.3 Å². The monoisotopic (exact) mass is 364 g/mol. The molecule has 0 fully saturated rings. The van der Waals surface area contributed by atoms with E-state index in [4.69, 9.17) is 16.3 Å². The number of carbonyl (C=O) groups is 1. The number of rotatable bonds is 6. The quantitative estimate of drug-likeness (QED) is 0.764. The number of benzene rings is 2. The van der Waals surface area contributed by atoms with Gasteiger partial charge in [0.25, 0.3) is 0 Å². The highest BCUT2D eigenvalue weighted by molar-refractivity contribution is 8.00. The minimum Gasteiger partial charge on any atom is -0.497 e. The summed E-state index contributed by atoms with van der Waals surface area (Å²) in [7, 11) is 5.42. The van der Waals surface area contributed by atoms with Crippen molar-refractivity contribution in [3.05, 3.63) is 47.5 Å². The van der Waals surface area contributed by atoms with E-state index in [-0.39, 0.29) is 11.2 Å². The molecule has 0 aliphatic carbocycles. The first-order valence-electron chi connectivity index (χ1n) is 7.49. The van der Waals surface area contributed by atoms with Crippen LogP contribution in [0, 0.1) is 0 Å². The van der Waals surface area contributed by atoms with Crippen molar-refractivity contribution in [3.8, 4) is 5.75 Å². The molecule has 0 bridgehead atoms. The number of hydrogen-bond donors (Lipinski definition) is 1. The SMILES string of the molecule is COc1ccc(SC(C)C(=O)Nc2cccc(Cl)c2N(C)C)cc1. The van der Waals surface area contributed by atoms with Crippen LogP contribution in [0.1, 0.15) is 6.92 Å². The van der Waals surface area contributed by atoms with Crippen LogP contribution >= 0.6 is 23.4 Å². The van der Waals surface area contributed by atoms with Gasteiger partial charge in [0.2, 0.25) is 5.91 Å². The van der Waals surface area contributed by atoms with Crippen LogP contribution in [-0.2, 0) is 4.79 Å². The summed E-state index contributed by atoms with van der Waals surface area (Å²) in [5, 5.41) is 3.33. The summed E-state index contributed by atoms with van der Waals surface area (Å²) < 4.78 is 5.14. The molecule has 0 radical (unpaired) electrons. The third-order valence-corrected chi connectivity index (χ3v) is 4.85. The van der Waals surface area contributed by atoms with E-state index in [1.54, 1.807) is 7.11 Å². The molecule has 1 atom stereocenters. The average Bonchev–Trinajstić information content (AvgIpc) is 2.55. The number of hydrogen-bond acceptors (Lipinski definition) is 4. The van der Waals surface area contributed by atoms with Crippen LogP contribution in [0.3, 0.4) is 0 Å². The minimum absolute atomic E-state index is 0.0683. The first kappa shape index (κ1) is 18.5. The Labute approximate surface area is 152 Å². The fourth-order valence-corrected chi connectivity index (χ4v) is 3.43. The van der Waals surface area contributed by atoms with Gasteiger partial charge in [0.05, 0.1) is 28.8 Å². The number of para-hydroxylation sites is 1. The Balaban J connectivity index is 2.07. The number of ether oxygens (including phenoxy) is 1. The average molecular weight is 365 g/mol. The van der Waals surface area contributed by atoms with Crippen LogP contribution in [0.2, 0.25) is 5.02 Å². The number of thioether (sulfide) groups is 1. The van der Waals surface area contributed by atoms with Crippen molar-refractivity contribution in [1.82, 2.24) is 0 Å². The summed E-state index contributed by atoms with van der Waals surface area (Å²) in [6.07, 6.45) is 0. The number of anilines is 2. The topological polar surface area (TPSA) is 41.6 Å². The first-order valence-corrected chi connectivity index (χ1v) is 8.75. The molecule has 1 amide bonds. The Bertz CT molecular complexity index is 705. The lowest BCUT2D eigenvalue weighted by Gasteiger charge is -2.20. The molecule has 0 saturated heterocycles. The normalized spacial score (nSPS) is 11.7. The first-order chi connectivity index (χ1) is 11.4. The molecular weight excluding hydrogens is 344 g/mol. The van der Waals surface area contributed by atoms with E-state index in [2.05, 4.69) is 5.32 Å². The molecule has 2 aromatic carbocycles. The van der Waals surface area contributed by atoms with Gasteiger partial charge in [-0.2, -0.15) is 0 Å². The third-order valence-electron chi connectivity index (χ3n) is 3.43. The van der Waals surface area contributed by atoms with Crippen molar-refractivity contribution in [3.63, 3.8) is 0 Å². The summed E-state index contributed by atoms with van der Waals surface area (Å²) in [4.78, 5) is 15.4. The Hall–Kier alpha value is -1.85. The number of methoxy groups -OCH3 is 1. The van der Waals surface area contributed by atoms with Crippen LogP contribution in [0.25, 0.3) is 0 Å². The van der Waals surface area contributed by atoms with Gasteiger partial charge < -0.3 is 15.0 Å². The fourth-order valence-electron chi connectivity index (χ4n) is 2.22. The van der Waals surface area contributed by atoms with E-state index in [0.29, 0.717) is 10.7 Å². The largest absolute Gasteiger partial charge is 0.497 e. The zero-order valence-electron chi connectivity index (χ0n) is 14.2. The predicted octanol–water partition coefficient (Wildman–Crippen LogP) is 4.53. The molecule has 0 heterocycles. The molecule has 1 unspecified atom stereocenters. The number of halogens is 1. The lowest BCUT2D eigenvalue weighted by atomic mass is 10.2. The van der Waals surface area contributed by atoms with Gasteiger partial charge >= 0.3 is 0 Å². The molecule has 0 aliphatic rings. The maximum atomic E-state index is 12.5. The van der Waals surface area contributed by atoms with Crippen molar-refractivity contribution >= 4 is 40.6 Å². The molecule has 24 heavy (non-hydrogen) atoms. The van der Waals surface area contributed by atoms with Crippen LogP contribution in [-0.4, -0.2) is 32.4 Å². The van der Waals surface area contributed by atoms with E-state index >= 15 is 0 Å². The number of nitrogens with zero attached hydrogens (tertiary/aromatic N) is 1. The van der Waals surface area contributed by atoms with Gasteiger partial charge in [-0.05, 0) is 43.3 Å². The van der Waals surface area contributed by atoms with Crippen molar-refractivity contribution in [2.24, 2.45) is 0 Å². The minimum atomic E-state index is -0.243. The van der Waals surface area contributed by atoms with Crippen LogP contribution in [0.15, 0.2) is 47.4 Å². The summed E-state index contributed by atoms with van der Waals surface area (Å²) in [5.74, 6) is 0.729. The molecule has 4 nitrogen and oxygen atoms in total. The third kappa shape index (κ3) is 4.58. The van der Waals surface area contributed by atoms with Crippen LogP contribution in [0.5, 0.6) is 5.75 Å². The Morgan fingerprint density at radius 3 is 2.46 bits per heavy atom. The summed E-state index contributed by atoms with van der Waals surface area (Å²) >= 11 is 7.73. The second-order valence-corrected chi connectivity index (χ2v) is 7.28. The Morgan fingerprint density at radius 1 is 1.21 bits per heavy atom. The molecule has 0 saturated carbocycles. The smallest absolute Gasteiger partial charge is 0.237 e. The second kappa shape index (κ2) is 8.31. The maximum absolute atomic E-state index is 12.5. The van der Waals surface area contributed by atoms with Gasteiger partial charge in [-0.1, -0.05) is 17.7 Å². The Morgan fingerprint density at radius 2 is 1.88 bits per heavy atom. The van der Waals surface area contributed by atoms with E-state index in [1.807, 2.05) is 68.4 Å². The van der Waals surface area contributed by atoms with Crippen molar-refractivity contribution in [2.45, 2.75) is 17.1 Å². The van der Waals surface area contributed by atoms with Gasteiger partial charge in [-0.3, -0.25) is 4.79 Å². The second-order valence-electron chi connectivity index (χ2n) is 5.46. The highest BCUT2D eigenvalue weighted by Crippen LogP contribution is 2.33. The van der Waals surface area contributed by atoms with Crippen molar-refractivity contribution in [2.75, 3.05) is 31.4 Å². The highest BCUT2D eigenvalue weighted by atomic mass is 35.5. The lowest BCUT2D eigenvalue weighted by Crippen LogP contribution is -2.24. The predicted molar refractivity (Wildman–Crippen MR) is 103 cm³/mol. The molecule has 2 rings (SSSR count). The summed E-state index contributed by atoms with van der Waals surface area (Å²) in [6.45, 7) is 1.88. The number of carbonyl (C=O) groups excluding carboxylic acids is 1. The van der Waals surface area contributed by atoms with Gasteiger partial charge in [-0.15, -0.1) is 11.8 Å². The maximum Gasteiger partial charge on any atom is 0.237 e. The lowest BCUT2D eigenvalue weighted by molar-refractivity contribution is -0.115. The van der Waals surface area contributed by atoms with E-state index in [1.165, 1.54) is 11.8 Å². The Kier molecular flexibility index (Phi) is 6.40. The van der Waals surface area contributed by atoms with E-state index < -0.39 is 0 Å². The van der Waals surface area contributed by atoms with Crippen LogP contribution in [0.4, 0.5) is 11.4 Å². The molecular formula is C18H21ClN2O2S. The fraction of sp³-hybridized carbons (Fsp3) is 0.278. The standard InChI is InChI=1S/C18H21ClN2O2S/c1-12(24-14-10-8-13(23-4)9-11-14)18(22)20-16-7-5-6-15(19)17(16)21(2)3/h5-12H,1-4H3,(H,20,22). The molecule has 0 spiro atoms. The van der Waals surface area contributed by atoms with Gasteiger partial charge in [0.1, 0.15) is 5.75 Å². The molecule has 6 heteroatoms. The molecule has 0 aliphatic heterocycles. The van der Waals surface area contributed by atoms with Gasteiger partial charge in [0, 0.05) is 19.0 Å². The molecule has 1 N–H and O–H groups in total. The molecule has 0 aromatic heterocycles. The molecule has 2 aromatic rings. The zero-order valence-corrected chi connectivity index (χ0v) is 15.7. The van der Waals surface area contributed by atoms with E-state index in [9.17, 15) is 4.79 Å². The zero-order chi connectivity index (χ0) is 17.7. The molecule has 128 valence electrons. The highest BCUT2D eigenvalue weighted by Gasteiger charge is 2.17. The van der Waals surface area contributed by atoms with Crippen molar-refractivity contribution < 1.29 is 9.53 Å². The van der Waals surface area contributed by atoms with Crippen molar-refractivity contribution in [1.29, 1.82) is 0 Å². The number of nitrogens with one attached hydrogen (secondary N) is 1. The summed E-state index contributed by atoms with van der Waals surface area (Å²) in [5.41, 5.74) is 1.51. The number of amides is 1. The van der Waals surface area contributed by atoms with Gasteiger partial charge in [0.15, 0.2) is 0 Å².